The lowest BCUT2D eigenvalue weighted by molar-refractivity contribution is 0.102. The Kier molecular flexibility index (Phi) is 4.71. The molecule has 4 rings (SSSR count). The number of para-hydroxylation sites is 2. The zero-order valence-electron chi connectivity index (χ0n) is 15.2. The third kappa shape index (κ3) is 3.47. The number of aryl methyl sites for hydroxylation is 1. The Bertz CT molecular complexity index is 1070. The number of rotatable bonds is 5. The van der Waals surface area contributed by atoms with Gasteiger partial charge in [-0.05, 0) is 41.8 Å². The summed E-state index contributed by atoms with van der Waals surface area (Å²) in [4.78, 5) is 17.3. The molecular formula is C23H21N3O. The summed E-state index contributed by atoms with van der Waals surface area (Å²) in [6.07, 6.45) is 0.967. The standard InChI is InChI=1S/C23H21N3O/c1-2-16-26-21-11-7-6-10-20(21)24-23(26)25-22(27)19-14-12-18(13-15-19)17-8-4-3-5-9-17/h3-15H,2,16H2,1H3,(H,24,25,27). The van der Waals surface area contributed by atoms with Crippen LogP contribution in [0.25, 0.3) is 22.2 Å². The molecule has 134 valence electrons. The van der Waals surface area contributed by atoms with Crippen molar-refractivity contribution in [3.63, 3.8) is 0 Å². The molecule has 4 nitrogen and oxygen atoms in total. The SMILES string of the molecule is CCCn1c(NC(=O)c2ccc(-c3ccccc3)cc2)nc2ccccc21. The number of imidazole rings is 1. The van der Waals surface area contributed by atoms with Crippen LogP contribution in [0, 0.1) is 0 Å². The first kappa shape index (κ1) is 17.0. The van der Waals surface area contributed by atoms with Gasteiger partial charge in [-0.15, -0.1) is 0 Å². The van der Waals surface area contributed by atoms with Crippen LogP contribution in [0.4, 0.5) is 5.95 Å². The predicted octanol–water partition coefficient (Wildman–Crippen LogP) is 5.37. The molecule has 27 heavy (non-hydrogen) atoms. The van der Waals surface area contributed by atoms with Gasteiger partial charge in [0.25, 0.3) is 5.91 Å². The molecule has 0 atom stereocenters. The third-order valence-corrected chi connectivity index (χ3v) is 4.58. The lowest BCUT2D eigenvalue weighted by Gasteiger charge is -2.09. The minimum atomic E-state index is -0.151. The largest absolute Gasteiger partial charge is 0.310 e. The minimum Gasteiger partial charge on any atom is -0.310 e. The molecule has 0 saturated carbocycles. The molecule has 0 bridgehead atoms. The number of anilines is 1. The summed E-state index contributed by atoms with van der Waals surface area (Å²) in [5, 5.41) is 2.97. The zero-order valence-corrected chi connectivity index (χ0v) is 15.2. The first-order valence-corrected chi connectivity index (χ1v) is 9.18. The van der Waals surface area contributed by atoms with Gasteiger partial charge in [0.2, 0.25) is 5.95 Å². The van der Waals surface area contributed by atoms with Gasteiger partial charge in [0.05, 0.1) is 11.0 Å². The summed E-state index contributed by atoms with van der Waals surface area (Å²) in [5.41, 5.74) is 4.76. The van der Waals surface area contributed by atoms with E-state index in [1.807, 2.05) is 66.7 Å². The van der Waals surface area contributed by atoms with Gasteiger partial charge in [-0.2, -0.15) is 0 Å². The first-order valence-electron chi connectivity index (χ1n) is 9.18. The van der Waals surface area contributed by atoms with Gasteiger partial charge < -0.3 is 4.57 Å². The van der Waals surface area contributed by atoms with Crippen LogP contribution < -0.4 is 5.32 Å². The highest BCUT2D eigenvalue weighted by Crippen LogP contribution is 2.22. The van der Waals surface area contributed by atoms with Gasteiger partial charge in [-0.3, -0.25) is 10.1 Å². The second kappa shape index (κ2) is 7.46. The number of aromatic nitrogens is 2. The summed E-state index contributed by atoms with van der Waals surface area (Å²) in [7, 11) is 0. The van der Waals surface area contributed by atoms with E-state index in [0.717, 1.165) is 35.1 Å². The molecule has 0 aliphatic rings. The van der Waals surface area contributed by atoms with Crippen LogP contribution >= 0.6 is 0 Å². The molecule has 0 saturated heterocycles. The van der Waals surface area contributed by atoms with Gasteiger partial charge in [0.15, 0.2) is 0 Å². The number of hydrogen-bond donors (Lipinski definition) is 1. The summed E-state index contributed by atoms with van der Waals surface area (Å²) in [6, 6.07) is 25.7. The highest BCUT2D eigenvalue weighted by atomic mass is 16.1. The fourth-order valence-electron chi connectivity index (χ4n) is 3.24. The predicted molar refractivity (Wildman–Crippen MR) is 110 cm³/mol. The molecule has 0 unspecified atom stereocenters. The topological polar surface area (TPSA) is 46.9 Å². The number of benzene rings is 3. The molecule has 1 heterocycles. The number of fused-ring (bicyclic) bond motifs is 1. The monoisotopic (exact) mass is 355 g/mol. The first-order chi connectivity index (χ1) is 13.3. The number of nitrogens with zero attached hydrogens (tertiary/aromatic N) is 2. The van der Waals surface area contributed by atoms with E-state index >= 15 is 0 Å². The average molecular weight is 355 g/mol. The van der Waals surface area contributed by atoms with E-state index in [4.69, 9.17) is 0 Å². The molecule has 0 radical (unpaired) electrons. The summed E-state index contributed by atoms with van der Waals surface area (Å²) in [6.45, 7) is 2.92. The number of carbonyl (C=O) groups is 1. The molecule has 1 amide bonds. The van der Waals surface area contributed by atoms with E-state index in [1.165, 1.54) is 0 Å². The number of carbonyl (C=O) groups excluding carboxylic acids is 1. The fourth-order valence-corrected chi connectivity index (χ4v) is 3.24. The van der Waals surface area contributed by atoms with Crippen LogP contribution in [0.5, 0.6) is 0 Å². The van der Waals surface area contributed by atoms with Crippen molar-refractivity contribution < 1.29 is 4.79 Å². The molecule has 1 aromatic heterocycles. The number of hydrogen-bond acceptors (Lipinski definition) is 2. The maximum Gasteiger partial charge on any atom is 0.257 e. The Hall–Kier alpha value is -3.40. The summed E-state index contributed by atoms with van der Waals surface area (Å²) >= 11 is 0. The van der Waals surface area contributed by atoms with Crippen molar-refractivity contribution in [3.8, 4) is 11.1 Å². The van der Waals surface area contributed by atoms with Crippen molar-refractivity contribution in [2.75, 3.05) is 5.32 Å². The van der Waals surface area contributed by atoms with Gasteiger partial charge in [0.1, 0.15) is 0 Å². The summed E-state index contributed by atoms with van der Waals surface area (Å²) < 4.78 is 2.06. The fraction of sp³-hybridized carbons (Fsp3) is 0.130. The van der Waals surface area contributed by atoms with Crippen LogP contribution in [0.2, 0.25) is 0 Å². The van der Waals surface area contributed by atoms with Crippen LogP contribution in [-0.4, -0.2) is 15.5 Å². The van der Waals surface area contributed by atoms with Crippen LogP contribution in [-0.2, 0) is 6.54 Å². The molecule has 3 aromatic carbocycles. The second-order valence-electron chi connectivity index (χ2n) is 6.47. The van der Waals surface area contributed by atoms with Crippen molar-refractivity contribution in [1.82, 2.24) is 9.55 Å². The highest BCUT2D eigenvalue weighted by molar-refractivity contribution is 6.04. The van der Waals surface area contributed by atoms with Crippen molar-refractivity contribution in [2.24, 2.45) is 0 Å². The number of amides is 1. The quantitative estimate of drug-likeness (QED) is 0.523. The van der Waals surface area contributed by atoms with Crippen molar-refractivity contribution in [1.29, 1.82) is 0 Å². The molecule has 0 fully saturated rings. The van der Waals surface area contributed by atoms with Crippen molar-refractivity contribution in [2.45, 2.75) is 19.9 Å². The van der Waals surface area contributed by atoms with Crippen LogP contribution in [0.15, 0.2) is 78.9 Å². The Labute approximate surface area is 158 Å². The highest BCUT2D eigenvalue weighted by Gasteiger charge is 2.14. The minimum absolute atomic E-state index is 0.151. The molecule has 0 spiro atoms. The van der Waals surface area contributed by atoms with E-state index in [-0.39, 0.29) is 5.91 Å². The summed E-state index contributed by atoms with van der Waals surface area (Å²) in [5.74, 6) is 0.442. The van der Waals surface area contributed by atoms with Crippen molar-refractivity contribution in [3.05, 3.63) is 84.4 Å². The maximum atomic E-state index is 12.7. The molecule has 0 aliphatic heterocycles. The third-order valence-electron chi connectivity index (χ3n) is 4.58. The maximum absolute atomic E-state index is 12.7. The van der Waals surface area contributed by atoms with Gasteiger partial charge in [-0.25, -0.2) is 4.98 Å². The molecular weight excluding hydrogens is 334 g/mol. The second-order valence-corrected chi connectivity index (χ2v) is 6.47. The molecule has 4 heteroatoms. The Balaban J connectivity index is 1.59. The van der Waals surface area contributed by atoms with Crippen molar-refractivity contribution >= 4 is 22.9 Å². The van der Waals surface area contributed by atoms with Crippen LogP contribution in [0.1, 0.15) is 23.7 Å². The van der Waals surface area contributed by atoms with E-state index in [0.29, 0.717) is 11.5 Å². The molecule has 4 aromatic rings. The number of nitrogens with one attached hydrogen (secondary N) is 1. The smallest absolute Gasteiger partial charge is 0.257 e. The zero-order chi connectivity index (χ0) is 18.6. The van der Waals surface area contributed by atoms with E-state index < -0.39 is 0 Å². The lowest BCUT2D eigenvalue weighted by Crippen LogP contribution is -2.16. The van der Waals surface area contributed by atoms with Gasteiger partial charge >= 0.3 is 0 Å². The van der Waals surface area contributed by atoms with Gasteiger partial charge in [0, 0.05) is 12.1 Å². The average Bonchev–Trinajstić information content (AvgIpc) is 3.06. The Morgan fingerprint density at radius 2 is 1.56 bits per heavy atom. The van der Waals surface area contributed by atoms with Crippen LogP contribution in [0.3, 0.4) is 0 Å². The molecule has 1 N–H and O–H groups in total. The van der Waals surface area contributed by atoms with E-state index in [1.54, 1.807) is 0 Å². The molecule has 0 aliphatic carbocycles. The Morgan fingerprint density at radius 1 is 0.889 bits per heavy atom. The Morgan fingerprint density at radius 3 is 2.30 bits per heavy atom. The van der Waals surface area contributed by atoms with Gasteiger partial charge in [-0.1, -0.05) is 61.5 Å². The van der Waals surface area contributed by atoms with E-state index in [2.05, 4.69) is 33.9 Å². The lowest BCUT2D eigenvalue weighted by atomic mass is 10.0. The normalized spacial score (nSPS) is 10.9. The van der Waals surface area contributed by atoms with E-state index in [9.17, 15) is 4.79 Å².